The van der Waals surface area contributed by atoms with Gasteiger partial charge < -0.3 is 5.32 Å². The number of hydrogen-bond donors (Lipinski definition) is 1. The van der Waals surface area contributed by atoms with Crippen LogP contribution >= 0.6 is 0 Å². The van der Waals surface area contributed by atoms with Crippen molar-refractivity contribution in [2.45, 2.75) is 12.8 Å². The molecule has 0 amide bonds. The van der Waals surface area contributed by atoms with E-state index in [1.807, 2.05) is 6.20 Å². The van der Waals surface area contributed by atoms with Crippen LogP contribution in [-0.4, -0.2) is 6.54 Å². The van der Waals surface area contributed by atoms with Gasteiger partial charge in [0, 0.05) is 6.54 Å². The molecule has 0 saturated heterocycles. The highest BCUT2D eigenvalue weighted by molar-refractivity contribution is 5.27. The van der Waals surface area contributed by atoms with E-state index in [4.69, 9.17) is 0 Å². The second kappa shape index (κ2) is 1.90. The minimum absolute atomic E-state index is 0.920. The molecule has 9 heavy (non-hydrogen) atoms. The van der Waals surface area contributed by atoms with E-state index < -0.39 is 0 Å². The standard InChI is InChI=1S/C8H11N/c1-2-7(1)8-3-5-9-6-4-8/h3-5,7,9H,1-2,6H2. The molecular formula is C8H11N. The Morgan fingerprint density at radius 1 is 1.44 bits per heavy atom. The molecule has 0 aromatic carbocycles. The van der Waals surface area contributed by atoms with E-state index in [0.29, 0.717) is 0 Å². The fourth-order valence-electron chi connectivity index (χ4n) is 1.19. The van der Waals surface area contributed by atoms with Crippen molar-refractivity contribution in [2.75, 3.05) is 6.54 Å². The number of allylic oxidation sites excluding steroid dienone is 2. The van der Waals surface area contributed by atoms with Crippen LogP contribution in [0.1, 0.15) is 12.8 Å². The third-order valence-electron chi connectivity index (χ3n) is 1.90. The average molecular weight is 121 g/mol. The van der Waals surface area contributed by atoms with Gasteiger partial charge in [0.1, 0.15) is 0 Å². The molecular weight excluding hydrogens is 110 g/mol. The predicted octanol–water partition coefficient (Wildman–Crippen LogP) is 1.44. The van der Waals surface area contributed by atoms with Crippen molar-refractivity contribution in [3.8, 4) is 0 Å². The molecule has 2 aliphatic rings. The third-order valence-corrected chi connectivity index (χ3v) is 1.90. The van der Waals surface area contributed by atoms with E-state index >= 15 is 0 Å². The first-order valence-electron chi connectivity index (χ1n) is 3.57. The Kier molecular flexibility index (Phi) is 1.08. The van der Waals surface area contributed by atoms with E-state index in [-0.39, 0.29) is 0 Å². The first-order valence-corrected chi connectivity index (χ1v) is 3.57. The Hall–Kier alpha value is -0.720. The highest BCUT2D eigenvalue weighted by atomic mass is 14.8. The summed E-state index contributed by atoms with van der Waals surface area (Å²) in [6.07, 6.45) is 9.36. The molecule has 1 aliphatic carbocycles. The fourth-order valence-corrected chi connectivity index (χ4v) is 1.19. The first-order chi connectivity index (χ1) is 4.47. The van der Waals surface area contributed by atoms with Crippen LogP contribution in [0.15, 0.2) is 23.9 Å². The molecule has 1 heteroatoms. The predicted molar refractivity (Wildman–Crippen MR) is 37.9 cm³/mol. The summed E-state index contributed by atoms with van der Waals surface area (Å²) < 4.78 is 0. The van der Waals surface area contributed by atoms with Gasteiger partial charge in [-0.15, -0.1) is 0 Å². The van der Waals surface area contributed by atoms with Crippen LogP contribution in [0.3, 0.4) is 0 Å². The summed E-state index contributed by atoms with van der Waals surface area (Å²) in [6, 6.07) is 0. The van der Waals surface area contributed by atoms with Gasteiger partial charge in [-0.3, -0.25) is 0 Å². The van der Waals surface area contributed by atoms with Gasteiger partial charge in [-0.1, -0.05) is 6.08 Å². The molecule has 0 atom stereocenters. The summed E-state index contributed by atoms with van der Waals surface area (Å²) in [4.78, 5) is 0. The van der Waals surface area contributed by atoms with Gasteiger partial charge in [0.25, 0.3) is 0 Å². The summed E-state index contributed by atoms with van der Waals surface area (Å²) >= 11 is 0. The summed E-state index contributed by atoms with van der Waals surface area (Å²) in [5.74, 6) is 0.920. The molecule has 0 aromatic heterocycles. The Morgan fingerprint density at radius 2 is 2.33 bits per heavy atom. The van der Waals surface area contributed by atoms with Crippen LogP contribution in [0.25, 0.3) is 0 Å². The Morgan fingerprint density at radius 3 is 2.89 bits per heavy atom. The van der Waals surface area contributed by atoms with E-state index in [1.165, 1.54) is 12.8 Å². The van der Waals surface area contributed by atoms with Gasteiger partial charge in [0.15, 0.2) is 0 Å². The topological polar surface area (TPSA) is 12.0 Å². The van der Waals surface area contributed by atoms with E-state index in [0.717, 1.165) is 12.5 Å². The zero-order valence-corrected chi connectivity index (χ0v) is 5.43. The molecule has 2 rings (SSSR count). The monoisotopic (exact) mass is 121 g/mol. The van der Waals surface area contributed by atoms with Gasteiger partial charge in [-0.2, -0.15) is 0 Å². The molecule has 1 nitrogen and oxygen atoms in total. The smallest absolute Gasteiger partial charge is 0.0331 e. The Bertz CT molecular complexity index is 163. The van der Waals surface area contributed by atoms with Crippen molar-refractivity contribution in [3.05, 3.63) is 23.9 Å². The second-order valence-corrected chi connectivity index (χ2v) is 2.72. The number of rotatable bonds is 1. The summed E-state index contributed by atoms with van der Waals surface area (Å²) in [5.41, 5.74) is 1.55. The largest absolute Gasteiger partial charge is 0.387 e. The maximum Gasteiger partial charge on any atom is 0.0331 e. The van der Waals surface area contributed by atoms with Gasteiger partial charge in [0.2, 0.25) is 0 Å². The highest BCUT2D eigenvalue weighted by Crippen LogP contribution is 2.37. The lowest BCUT2D eigenvalue weighted by molar-refractivity contribution is 0.917. The molecule has 0 bridgehead atoms. The minimum Gasteiger partial charge on any atom is -0.387 e. The minimum atomic E-state index is 0.920. The fraction of sp³-hybridized carbons (Fsp3) is 0.500. The first kappa shape index (κ1) is 5.10. The molecule has 0 unspecified atom stereocenters. The zero-order chi connectivity index (χ0) is 6.10. The van der Waals surface area contributed by atoms with Crippen molar-refractivity contribution < 1.29 is 0 Å². The normalized spacial score (nSPS) is 25.1. The molecule has 1 aliphatic heterocycles. The molecule has 0 radical (unpaired) electrons. The van der Waals surface area contributed by atoms with Crippen LogP contribution in [0.2, 0.25) is 0 Å². The highest BCUT2D eigenvalue weighted by Gasteiger charge is 2.24. The molecule has 1 heterocycles. The van der Waals surface area contributed by atoms with Crippen LogP contribution in [0.5, 0.6) is 0 Å². The quantitative estimate of drug-likeness (QED) is 0.553. The van der Waals surface area contributed by atoms with Crippen molar-refractivity contribution in [3.63, 3.8) is 0 Å². The number of nitrogens with one attached hydrogen (secondary N) is 1. The number of hydrogen-bond acceptors (Lipinski definition) is 1. The summed E-state index contributed by atoms with van der Waals surface area (Å²) in [5, 5.41) is 3.14. The molecule has 1 N–H and O–H groups in total. The molecule has 48 valence electrons. The SMILES string of the molecule is C1=CC(C2CC2)=CCN1. The van der Waals surface area contributed by atoms with E-state index in [1.54, 1.807) is 5.57 Å². The molecule has 1 fully saturated rings. The van der Waals surface area contributed by atoms with Crippen LogP contribution in [0.4, 0.5) is 0 Å². The third kappa shape index (κ3) is 0.995. The summed E-state index contributed by atoms with van der Waals surface area (Å²) in [6.45, 7) is 1.03. The lowest BCUT2D eigenvalue weighted by Crippen LogP contribution is -2.08. The van der Waals surface area contributed by atoms with Crippen molar-refractivity contribution in [2.24, 2.45) is 5.92 Å². The van der Waals surface area contributed by atoms with Crippen LogP contribution < -0.4 is 5.32 Å². The number of dihydropyridines is 1. The van der Waals surface area contributed by atoms with Crippen molar-refractivity contribution in [1.82, 2.24) is 5.32 Å². The van der Waals surface area contributed by atoms with Crippen molar-refractivity contribution in [1.29, 1.82) is 0 Å². The average Bonchev–Trinajstić information content (AvgIpc) is 2.71. The van der Waals surface area contributed by atoms with Crippen molar-refractivity contribution >= 4 is 0 Å². The molecule has 1 saturated carbocycles. The second-order valence-electron chi connectivity index (χ2n) is 2.72. The van der Waals surface area contributed by atoms with Gasteiger partial charge in [0.05, 0.1) is 0 Å². The maximum absolute atomic E-state index is 3.14. The van der Waals surface area contributed by atoms with E-state index in [9.17, 15) is 0 Å². The Labute approximate surface area is 55.5 Å². The van der Waals surface area contributed by atoms with Gasteiger partial charge in [-0.05, 0) is 36.6 Å². The lowest BCUT2D eigenvalue weighted by atomic mass is 10.1. The van der Waals surface area contributed by atoms with Crippen LogP contribution in [0, 0.1) is 5.92 Å². The lowest BCUT2D eigenvalue weighted by Gasteiger charge is -2.05. The van der Waals surface area contributed by atoms with Gasteiger partial charge in [-0.25, -0.2) is 0 Å². The summed E-state index contributed by atoms with van der Waals surface area (Å²) in [7, 11) is 0. The maximum atomic E-state index is 3.14. The Balaban J connectivity index is 2.08. The van der Waals surface area contributed by atoms with E-state index in [2.05, 4.69) is 17.5 Å². The molecule has 0 spiro atoms. The van der Waals surface area contributed by atoms with Crippen LogP contribution in [-0.2, 0) is 0 Å². The zero-order valence-electron chi connectivity index (χ0n) is 5.43. The molecule has 0 aromatic rings. The van der Waals surface area contributed by atoms with Gasteiger partial charge >= 0.3 is 0 Å².